The Morgan fingerprint density at radius 1 is 1.13 bits per heavy atom. The van der Waals surface area contributed by atoms with Crippen LogP contribution in [0.15, 0.2) is 67.0 Å². The van der Waals surface area contributed by atoms with Crippen molar-refractivity contribution in [1.82, 2.24) is 19.3 Å². The zero-order valence-corrected chi connectivity index (χ0v) is 22.0. The molecule has 3 unspecified atom stereocenters. The zero-order valence-electron chi connectivity index (χ0n) is 22.0. The van der Waals surface area contributed by atoms with Crippen LogP contribution in [0, 0.1) is 29.1 Å². The van der Waals surface area contributed by atoms with Crippen LogP contribution in [0.2, 0.25) is 0 Å². The average molecular weight is 506 g/mol. The van der Waals surface area contributed by atoms with E-state index < -0.39 is 5.60 Å². The molecule has 7 heteroatoms. The maximum absolute atomic E-state index is 13.0. The van der Waals surface area contributed by atoms with Crippen molar-refractivity contribution >= 4 is 17.2 Å². The third kappa shape index (κ3) is 3.52. The second-order valence-electron chi connectivity index (χ2n) is 11.1. The Balaban J connectivity index is 1.45. The molecule has 2 aromatic heterocycles. The molecule has 2 fully saturated rings. The number of anilines is 1. The van der Waals surface area contributed by atoms with Crippen LogP contribution in [0.4, 0.5) is 5.82 Å². The molecule has 2 aliphatic rings. The molecule has 1 saturated heterocycles. The summed E-state index contributed by atoms with van der Waals surface area (Å²) in [5, 5.41) is 11.3. The van der Waals surface area contributed by atoms with E-state index in [0.29, 0.717) is 35.4 Å². The van der Waals surface area contributed by atoms with Gasteiger partial charge < -0.3 is 15.7 Å². The van der Waals surface area contributed by atoms with E-state index in [9.17, 15) is 9.90 Å². The van der Waals surface area contributed by atoms with Crippen LogP contribution in [-0.4, -0.2) is 36.8 Å². The summed E-state index contributed by atoms with van der Waals surface area (Å²) >= 11 is 0. The number of nitrogen functional groups attached to an aromatic ring is 1. The lowest BCUT2D eigenvalue weighted by Gasteiger charge is -2.28. The van der Waals surface area contributed by atoms with Gasteiger partial charge in [0.1, 0.15) is 28.5 Å². The predicted molar refractivity (Wildman–Crippen MR) is 147 cm³/mol. The van der Waals surface area contributed by atoms with E-state index in [1.807, 2.05) is 70.1 Å². The Hall–Kier alpha value is -4.15. The van der Waals surface area contributed by atoms with Gasteiger partial charge in [0.2, 0.25) is 0 Å². The molecule has 2 aromatic carbocycles. The molecule has 4 aromatic rings. The van der Waals surface area contributed by atoms with Crippen molar-refractivity contribution < 1.29 is 9.90 Å². The molecule has 0 spiro atoms. The second kappa shape index (κ2) is 8.44. The standard InChI is InChI=1S/C31H31N5O2/c1-5-9-23(37)36-18-22-24(30(22,2)3)26(36)29-34-25(27-28(32)33-16-17-35(27)29)19-12-14-21(15-13-19)31(4,38)20-10-7-6-8-11-20/h6-8,10-17,22,24,26,38H,18H2,1-4H3,(H2,32,33)/t22?,24?,26-,31?/m0/s1. The van der Waals surface area contributed by atoms with Crippen LogP contribution < -0.4 is 5.73 Å². The topological polar surface area (TPSA) is 96.8 Å². The van der Waals surface area contributed by atoms with E-state index in [0.717, 1.165) is 22.5 Å². The lowest BCUT2D eigenvalue weighted by atomic mass is 9.87. The minimum Gasteiger partial charge on any atom is -0.382 e. The Morgan fingerprint density at radius 3 is 2.50 bits per heavy atom. The number of carbonyl (C=O) groups is 1. The minimum atomic E-state index is -1.14. The number of aromatic nitrogens is 3. The molecule has 4 atom stereocenters. The summed E-state index contributed by atoms with van der Waals surface area (Å²) in [6.07, 6.45) is 3.53. The van der Waals surface area contributed by atoms with Crippen molar-refractivity contribution in [2.24, 2.45) is 17.3 Å². The third-order valence-corrected chi connectivity index (χ3v) is 8.63. The fraction of sp³-hybridized carbons (Fsp3) is 0.323. The highest BCUT2D eigenvalue weighted by Gasteiger charge is 2.68. The number of likely N-dealkylation sites (tertiary alicyclic amines) is 1. The summed E-state index contributed by atoms with van der Waals surface area (Å²) in [4.78, 5) is 24.3. The van der Waals surface area contributed by atoms with E-state index in [1.165, 1.54) is 0 Å². The molecule has 38 heavy (non-hydrogen) atoms. The number of piperidine rings is 1. The summed E-state index contributed by atoms with van der Waals surface area (Å²) in [5.74, 6) is 7.15. The van der Waals surface area contributed by atoms with Crippen molar-refractivity contribution in [3.63, 3.8) is 0 Å². The quantitative estimate of drug-likeness (QED) is 0.401. The van der Waals surface area contributed by atoms with Gasteiger partial charge in [-0.15, -0.1) is 0 Å². The number of rotatable bonds is 4. The molecule has 1 saturated carbocycles. The van der Waals surface area contributed by atoms with Gasteiger partial charge in [-0.1, -0.05) is 74.4 Å². The van der Waals surface area contributed by atoms with Gasteiger partial charge in [0, 0.05) is 24.5 Å². The summed E-state index contributed by atoms with van der Waals surface area (Å²) in [5.41, 5.74) is 9.25. The highest BCUT2D eigenvalue weighted by atomic mass is 16.3. The first kappa shape index (κ1) is 24.2. The van der Waals surface area contributed by atoms with E-state index in [-0.39, 0.29) is 17.4 Å². The van der Waals surface area contributed by atoms with E-state index >= 15 is 0 Å². The largest absolute Gasteiger partial charge is 0.382 e. The Labute approximate surface area is 222 Å². The van der Waals surface area contributed by atoms with Gasteiger partial charge >= 0.3 is 0 Å². The molecule has 3 heterocycles. The fourth-order valence-electron chi connectivity index (χ4n) is 6.35. The first-order chi connectivity index (χ1) is 18.2. The minimum absolute atomic E-state index is 0.121. The maximum atomic E-state index is 13.0. The van der Waals surface area contributed by atoms with Crippen molar-refractivity contribution in [2.75, 3.05) is 12.3 Å². The number of hydrogen-bond acceptors (Lipinski definition) is 5. The molecule has 1 aliphatic carbocycles. The molecular weight excluding hydrogens is 474 g/mol. The highest BCUT2D eigenvalue weighted by Crippen LogP contribution is 2.69. The normalized spacial score (nSPS) is 22.9. The monoisotopic (exact) mass is 505 g/mol. The molecular formula is C31H31N5O2. The molecule has 1 aliphatic heterocycles. The maximum Gasteiger partial charge on any atom is 0.299 e. The lowest BCUT2D eigenvalue weighted by Crippen LogP contribution is -2.35. The highest BCUT2D eigenvalue weighted by molar-refractivity contribution is 5.94. The van der Waals surface area contributed by atoms with Gasteiger partial charge in [-0.05, 0) is 48.1 Å². The van der Waals surface area contributed by atoms with Crippen molar-refractivity contribution in [3.05, 3.63) is 83.9 Å². The number of aliphatic hydroxyl groups is 1. The van der Waals surface area contributed by atoms with E-state index in [1.54, 1.807) is 20.0 Å². The number of nitrogens with two attached hydrogens (primary N) is 1. The van der Waals surface area contributed by atoms with E-state index in [2.05, 4.69) is 30.7 Å². The number of nitrogens with zero attached hydrogens (tertiary/aromatic N) is 4. The lowest BCUT2D eigenvalue weighted by molar-refractivity contribution is -0.127. The van der Waals surface area contributed by atoms with Gasteiger partial charge in [0.05, 0.1) is 6.04 Å². The smallest absolute Gasteiger partial charge is 0.299 e. The van der Waals surface area contributed by atoms with E-state index in [4.69, 9.17) is 10.7 Å². The molecule has 3 N–H and O–H groups in total. The van der Waals surface area contributed by atoms with Crippen LogP contribution in [0.1, 0.15) is 50.7 Å². The second-order valence-corrected chi connectivity index (χ2v) is 11.1. The number of hydrogen-bond donors (Lipinski definition) is 2. The summed E-state index contributed by atoms with van der Waals surface area (Å²) in [7, 11) is 0. The number of imidazole rings is 1. The fourth-order valence-corrected chi connectivity index (χ4v) is 6.35. The van der Waals surface area contributed by atoms with Crippen LogP contribution in [0.25, 0.3) is 16.8 Å². The zero-order chi connectivity index (χ0) is 26.8. The molecule has 6 rings (SSSR count). The van der Waals surface area contributed by atoms with Crippen LogP contribution in [0.3, 0.4) is 0 Å². The first-order valence-electron chi connectivity index (χ1n) is 12.9. The van der Waals surface area contributed by atoms with Gasteiger partial charge in [0.15, 0.2) is 0 Å². The predicted octanol–water partition coefficient (Wildman–Crippen LogP) is 4.41. The van der Waals surface area contributed by atoms with Crippen LogP contribution in [-0.2, 0) is 10.4 Å². The van der Waals surface area contributed by atoms with Crippen LogP contribution >= 0.6 is 0 Å². The summed E-state index contributed by atoms with van der Waals surface area (Å²) < 4.78 is 1.98. The van der Waals surface area contributed by atoms with Gasteiger partial charge in [-0.25, -0.2) is 9.97 Å². The number of carbonyl (C=O) groups excluding carboxylic acids is 1. The Kier molecular flexibility index (Phi) is 5.37. The summed E-state index contributed by atoms with van der Waals surface area (Å²) in [6.45, 7) is 8.66. The number of benzene rings is 2. The van der Waals surface area contributed by atoms with Gasteiger partial charge in [-0.2, -0.15) is 0 Å². The van der Waals surface area contributed by atoms with Crippen molar-refractivity contribution in [2.45, 2.75) is 39.3 Å². The molecule has 192 valence electrons. The van der Waals surface area contributed by atoms with Gasteiger partial charge in [0.25, 0.3) is 5.91 Å². The molecule has 0 bridgehead atoms. The Morgan fingerprint density at radius 2 is 1.82 bits per heavy atom. The van der Waals surface area contributed by atoms with Crippen molar-refractivity contribution in [3.8, 4) is 23.1 Å². The SMILES string of the molecule is CC#CC(=O)N1CC2C([C@H]1c1nc(-c3ccc(C(C)(O)c4ccccc4)cc3)c3c(N)nccn13)C2(C)C. The number of fused-ring (bicyclic) bond motifs is 2. The molecule has 1 amide bonds. The van der Waals surface area contributed by atoms with Gasteiger partial charge in [-0.3, -0.25) is 9.20 Å². The molecule has 7 nitrogen and oxygen atoms in total. The van der Waals surface area contributed by atoms with Crippen molar-refractivity contribution in [1.29, 1.82) is 0 Å². The summed E-state index contributed by atoms with van der Waals surface area (Å²) in [6, 6.07) is 17.1. The molecule has 0 radical (unpaired) electrons. The Bertz CT molecular complexity index is 1610. The average Bonchev–Trinajstić information content (AvgIpc) is 3.25. The third-order valence-electron chi connectivity index (χ3n) is 8.63. The first-order valence-corrected chi connectivity index (χ1v) is 12.9. The van der Waals surface area contributed by atoms with Crippen LogP contribution in [0.5, 0.6) is 0 Å². The number of amides is 1.